The lowest BCUT2D eigenvalue weighted by atomic mass is 9.92. The molecule has 2 aliphatic rings. The van der Waals surface area contributed by atoms with Gasteiger partial charge in [0, 0.05) is 6.42 Å². The molecule has 4 atom stereocenters. The number of furan rings is 1. The van der Waals surface area contributed by atoms with Crippen LogP contribution in [-0.2, 0) is 12.8 Å². The van der Waals surface area contributed by atoms with E-state index in [1.807, 2.05) is 6.07 Å². The Morgan fingerprint density at radius 1 is 1.26 bits per heavy atom. The van der Waals surface area contributed by atoms with Gasteiger partial charge in [0.2, 0.25) is 0 Å². The van der Waals surface area contributed by atoms with Gasteiger partial charge in [0.25, 0.3) is 0 Å². The zero-order valence-corrected chi connectivity index (χ0v) is 10.8. The van der Waals surface area contributed by atoms with Gasteiger partial charge >= 0.3 is 0 Å². The molecule has 0 spiro atoms. The molecule has 2 heteroatoms. The summed E-state index contributed by atoms with van der Waals surface area (Å²) in [5, 5.41) is 10.5. The first kappa shape index (κ1) is 11.3. The van der Waals surface area contributed by atoms with Crippen molar-refractivity contribution in [2.24, 2.45) is 11.8 Å². The first-order valence-electron chi connectivity index (χ1n) is 7.11. The lowest BCUT2D eigenvalue weighted by Gasteiger charge is -2.13. The molecule has 4 rings (SSSR count). The number of aryl methyl sites for hydroxylation is 1. The molecule has 1 heterocycles. The minimum absolute atomic E-state index is 0.237. The van der Waals surface area contributed by atoms with Crippen molar-refractivity contribution in [1.29, 1.82) is 0 Å². The summed E-state index contributed by atoms with van der Waals surface area (Å²) in [7, 11) is 0. The van der Waals surface area contributed by atoms with E-state index in [1.165, 1.54) is 24.0 Å². The molecule has 1 N–H and O–H groups in total. The molecule has 1 aromatic heterocycles. The van der Waals surface area contributed by atoms with Gasteiger partial charge in [0.15, 0.2) is 0 Å². The molecule has 2 nitrogen and oxygen atoms in total. The van der Waals surface area contributed by atoms with Crippen LogP contribution in [-0.4, -0.2) is 11.2 Å². The molecule has 0 radical (unpaired) electrons. The summed E-state index contributed by atoms with van der Waals surface area (Å²) in [4.78, 5) is 0. The van der Waals surface area contributed by atoms with Crippen molar-refractivity contribution in [3.05, 3.63) is 59.5 Å². The summed E-state index contributed by atoms with van der Waals surface area (Å²) in [6.07, 6.45) is 6.30. The highest BCUT2D eigenvalue weighted by atomic mass is 16.3. The predicted molar refractivity (Wildman–Crippen MR) is 72.9 cm³/mol. The van der Waals surface area contributed by atoms with Gasteiger partial charge in [-0.1, -0.05) is 24.3 Å². The third kappa shape index (κ3) is 1.82. The Morgan fingerprint density at radius 2 is 2.16 bits per heavy atom. The number of aliphatic hydroxyl groups excluding tert-OH is 1. The smallest absolute Gasteiger partial charge is 0.0935 e. The van der Waals surface area contributed by atoms with Crippen molar-refractivity contribution in [1.82, 2.24) is 0 Å². The fourth-order valence-electron chi connectivity index (χ4n) is 3.93. The van der Waals surface area contributed by atoms with Crippen LogP contribution in [0.5, 0.6) is 0 Å². The Morgan fingerprint density at radius 3 is 3.00 bits per heavy atom. The van der Waals surface area contributed by atoms with Crippen LogP contribution in [0.1, 0.15) is 29.0 Å². The van der Waals surface area contributed by atoms with Gasteiger partial charge in [0.05, 0.1) is 18.6 Å². The average molecular weight is 254 g/mol. The van der Waals surface area contributed by atoms with Crippen LogP contribution < -0.4 is 0 Å². The molecular formula is C17H18O2. The van der Waals surface area contributed by atoms with Crippen LogP contribution in [0.25, 0.3) is 0 Å². The third-order valence-corrected chi connectivity index (χ3v) is 4.86. The number of benzene rings is 1. The van der Waals surface area contributed by atoms with Crippen molar-refractivity contribution < 1.29 is 9.52 Å². The highest BCUT2D eigenvalue weighted by Crippen LogP contribution is 2.61. The van der Waals surface area contributed by atoms with Gasteiger partial charge in [-0.2, -0.15) is 0 Å². The molecule has 1 saturated carbocycles. The molecular weight excluding hydrogens is 236 g/mol. The minimum Gasteiger partial charge on any atom is -0.472 e. The lowest BCUT2D eigenvalue weighted by Crippen LogP contribution is -2.14. The molecule has 0 aliphatic heterocycles. The van der Waals surface area contributed by atoms with E-state index < -0.39 is 0 Å². The maximum atomic E-state index is 10.5. The molecule has 1 aromatic carbocycles. The number of fused-ring (bicyclic) bond motifs is 3. The summed E-state index contributed by atoms with van der Waals surface area (Å²) in [6.45, 7) is 0. The monoisotopic (exact) mass is 254 g/mol. The van der Waals surface area contributed by atoms with Crippen molar-refractivity contribution >= 4 is 0 Å². The lowest BCUT2D eigenvalue weighted by molar-refractivity contribution is 0.143. The third-order valence-electron chi connectivity index (χ3n) is 4.86. The topological polar surface area (TPSA) is 33.4 Å². The van der Waals surface area contributed by atoms with Gasteiger partial charge < -0.3 is 9.52 Å². The first-order valence-corrected chi connectivity index (χ1v) is 7.11. The molecule has 0 amide bonds. The van der Waals surface area contributed by atoms with Crippen molar-refractivity contribution in [3.63, 3.8) is 0 Å². The summed E-state index contributed by atoms with van der Waals surface area (Å²) < 4.78 is 5.08. The number of hydrogen-bond acceptors (Lipinski definition) is 2. The maximum Gasteiger partial charge on any atom is 0.0935 e. The van der Waals surface area contributed by atoms with Crippen LogP contribution in [0.4, 0.5) is 0 Å². The normalized spacial score (nSPS) is 29.4. The predicted octanol–water partition coefficient (Wildman–Crippen LogP) is 3.16. The number of hydrogen-bond donors (Lipinski definition) is 1. The summed E-state index contributed by atoms with van der Waals surface area (Å²) in [6, 6.07) is 10.7. The van der Waals surface area contributed by atoms with E-state index in [9.17, 15) is 5.11 Å². The molecule has 0 saturated heterocycles. The number of rotatable bonds is 3. The Kier molecular flexibility index (Phi) is 2.52. The second kappa shape index (κ2) is 4.24. The van der Waals surface area contributed by atoms with E-state index in [0.29, 0.717) is 17.8 Å². The summed E-state index contributed by atoms with van der Waals surface area (Å²) in [5.41, 5.74) is 4.07. The Balaban J connectivity index is 1.54. The molecule has 19 heavy (non-hydrogen) atoms. The molecule has 0 bridgehead atoms. The van der Waals surface area contributed by atoms with Crippen molar-refractivity contribution in [2.75, 3.05) is 0 Å². The van der Waals surface area contributed by atoms with E-state index in [4.69, 9.17) is 4.42 Å². The van der Waals surface area contributed by atoms with Crippen LogP contribution in [0.3, 0.4) is 0 Å². The molecule has 2 aliphatic carbocycles. The highest BCUT2D eigenvalue weighted by molar-refractivity contribution is 5.40. The van der Waals surface area contributed by atoms with Crippen LogP contribution in [0, 0.1) is 11.8 Å². The molecule has 4 unspecified atom stereocenters. The fraction of sp³-hybridized carbons (Fsp3) is 0.412. The Hall–Kier alpha value is -1.54. The zero-order chi connectivity index (χ0) is 12.8. The van der Waals surface area contributed by atoms with Crippen LogP contribution >= 0.6 is 0 Å². The van der Waals surface area contributed by atoms with Crippen LogP contribution in [0.2, 0.25) is 0 Å². The maximum absolute atomic E-state index is 10.5. The van der Waals surface area contributed by atoms with Gasteiger partial charge in [-0.05, 0) is 53.4 Å². The van der Waals surface area contributed by atoms with E-state index in [-0.39, 0.29) is 6.10 Å². The quantitative estimate of drug-likeness (QED) is 0.912. The zero-order valence-electron chi connectivity index (χ0n) is 10.8. The van der Waals surface area contributed by atoms with E-state index >= 15 is 0 Å². The molecule has 98 valence electrons. The largest absolute Gasteiger partial charge is 0.472 e. The SMILES string of the molecule is OC(Cc1ccoc1)C1C2CCc3ccccc3C21. The van der Waals surface area contributed by atoms with Crippen molar-refractivity contribution in [2.45, 2.75) is 31.3 Å². The van der Waals surface area contributed by atoms with Crippen LogP contribution in [0.15, 0.2) is 47.3 Å². The second-order valence-corrected chi connectivity index (χ2v) is 5.91. The summed E-state index contributed by atoms with van der Waals surface area (Å²) in [5.74, 6) is 1.72. The van der Waals surface area contributed by atoms with Gasteiger partial charge in [0.1, 0.15) is 0 Å². The first-order chi connectivity index (χ1) is 9.34. The fourth-order valence-corrected chi connectivity index (χ4v) is 3.93. The van der Waals surface area contributed by atoms with Gasteiger partial charge in [-0.25, -0.2) is 0 Å². The molecule has 2 aromatic rings. The number of aliphatic hydroxyl groups is 1. The second-order valence-electron chi connectivity index (χ2n) is 5.91. The van der Waals surface area contributed by atoms with E-state index in [1.54, 1.807) is 12.5 Å². The summed E-state index contributed by atoms with van der Waals surface area (Å²) >= 11 is 0. The average Bonchev–Trinajstić information content (AvgIpc) is 2.98. The van der Waals surface area contributed by atoms with Gasteiger partial charge in [-0.15, -0.1) is 0 Å². The molecule has 1 fully saturated rings. The van der Waals surface area contributed by atoms with E-state index in [0.717, 1.165) is 12.0 Å². The van der Waals surface area contributed by atoms with E-state index in [2.05, 4.69) is 24.3 Å². The standard InChI is InChI=1S/C17H18O2/c18-15(9-11-7-8-19-10-11)17-14-6-5-12-3-1-2-4-13(12)16(14)17/h1-4,7-8,10,14-18H,5-6,9H2. The Bertz CT molecular complexity index is 573. The van der Waals surface area contributed by atoms with Crippen molar-refractivity contribution in [3.8, 4) is 0 Å². The van der Waals surface area contributed by atoms with Gasteiger partial charge in [-0.3, -0.25) is 0 Å². The highest BCUT2D eigenvalue weighted by Gasteiger charge is 2.55. The minimum atomic E-state index is -0.237. The Labute approximate surface area is 113 Å².